The van der Waals surface area contributed by atoms with E-state index in [1.165, 1.54) is 23.0 Å². The van der Waals surface area contributed by atoms with Crippen LogP contribution < -0.4 is 5.32 Å². The fourth-order valence-electron chi connectivity index (χ4n) is 0.871. The molecule has 8 heteroatoms. The molecule has 0 radical (unpaired) electrons. The summed E-state index contributed by atoms with van der Waals surface area (Å²) < 4.78 is 9.23. The van der Waals surface area contributed by atoms with E-state index in [9.17, 15) is 14.4 Å². The van der Waals surface area contributed by atoms with E-state index in [4.69, 9.17) is 9.84 Å². The van der Waals surface area contributed by atoms with Gasteiger partial charge in [0, 0.05) is 0 Å². The fraction of sp³-hybridized carbons (Fsp3) is 0.667. The molecule has 0 saturated carbocycles. The minimum Gasteiger partial charge on any atom is -0.481 e. The second-order valence-corrected chi connectivity index (χ2v) is 4.63. The predicted molar refractivity (Wildman–Crippen MR) is 65.5 cm³/mol. The van der Waals surface area contributed by atoms with Gasteiger partial charge in [0.15, 0.2) is 23.0 Å². The van der Waals surface area contributed by atoms with E-state index in [1.807, 2.05) is 0 Å². The lowest BCUT2D eigenvalue weighted by Gasteiger charge is -2.21. The molecule has 0 unspecified atom stereocenters. The molecule has 0 saturated heterocycles. The minimum absolute atomic E-state index is 0.568. The molecule has 0 aromatic heterocycles. The van der Waals surface area contributed by atoms with Crippen molar-refractivity contribution in [1.29, 1.82) is 0 Å². The molecule has 0 aliphatic carbocycles. The number of hydrogen-bond acceptors (Lipinski definition) is 5. The number of carbonyl (C=O) groups excluding carboxylic acids is 2. The van der Waals surface area contributed by atoms with Gasteiger partial charge in [-0.15, -0.1) is 0 Å². The van der Waals surface area contributed by atoms with Gasteiger partial charge in [-0.3, -0.25) is 4.79 Å². The highest BCUT2D eigenvalue weighted by Crippen LogP contribution is 2.08. The van der Waals surface area contributed by atoms with Gasteiger partial charge in [-0.05, 0) is 20.8 Å². The average Bonchev–Trinajstić information content (AvgIpc) is 2.11. The van der Waals surface area contributed by atoms with Crippen LogP contribution in [0.1, 0.15) is 27.2 Å². The molecule has 0 heterocycles. The minimum atomic E-state index is -1.26. The van der Waals surface area contributed by atoms with E-state index >= 15 is 0 Å². The van der Waals surface area contributed by atoms with Crippen molar-refractivity contribution in [3.63, 3.8) is 0 Å². The van der Waals surface area contributed by atoms with Crippen LogP contribution in [0.3, 0.4) is 0 Å². The molecule has 1 amide bonds. The summed E-state index contributed by atoms with van der Waals surface area (Å²) in [5.41, 5.74) is -0.730. The van der Waals surface area contributed by atoms with Gasteiger partial charge in [-0.1, -0.05) is 0 Å². The lowest BCUT2D eigenvalue weighted by atomic mass is 10.2. The first-order valence-corrected chi connectivity index (χ1v) is 5.57. The Morgan fingerprint density at radius 3 is 2.24 bits per heavy atom. The summed E-state index contributed by atoms with van der Waals surface area (Å²) in [6.07, 6.45) is -1.44. The molecule has 0 aromatic rings. The molecule has 2 N–H and O–H groups in total. The first kappa shape index (κ1) is 15.9. The quantitative estimate of drug-likeness (QED) is 0.733. The second kappa shape index (κ2) is 6.62. The number of carboxylic acid groups (broad SMARTS) is 1. The van der Waals surface area contributed by atoms with Gasteiger partial charge < -0.3 is 18.2 Å². The lowest BCUT2D eigenvalue weighted by Crippen LogP contribution is -2.44. The highest BCUT2D eigenvalue weighted by Gasteiger charge is 2.27. The van der Waals surface area contributed by atoms with Crippen LogP contribution in [-0.2, 0) is 17.4 Å². The van der Waals surface area contributed by atoms with Crippen molar-refractivity contribution < 1.29 is 27.3 Å². The summed E-state index contributed by atoms with van der Waals surface area (Å²) >= 11 is 1.32. The first-order chi connectivity index (χ1) is 7.65. The zero-order valence-electron chi connectivity index (χ0n) is 9.65. The Balaban J connectivity index is 4.48. The Labute approximate surface area is 113 Å². The largest absolute Gasteiger partial charge is 0.481 e. The molecule has 0 bridgehead atoms. The standard InChI is InChI=1S/C9H14INO6/c1-9(2,3)16-8(15)11-5(4-6(12)13)7(14)17-10/h5H,4H2,1-3H3,(H,11,15)(H,12,13)/t5-/m1/s1. The Kier molecular flexibility index (Phi) is 6.21. The van der Waals surface area contributed by atoms with Gasteiger partial charge in [-0.25, -0.2) is 9.59 Å². The zero-order valence-corrected chi connectivity index (χ0v) is 11.8. The molecule has 0 fully saturated rings. The van der Waals surface area contributed by atoms with Gasteiger partial charge in [0.1, 0.15) is 11.6 Å². The van der Waals surface area contributed by atoms with Crippen LogP contribution in [0.4, 0.5) is 4.79 Å². The highest BCUT2D eigenvalue weighted by atomic mass is 127. The molecule has 0 aliphatic rings. The summed E-state index contributed by atoms with van der Waals surface area (Å²) in [5, 5.41) is 10.7. The first-order valence-electron chi connectivity index (χ1n) is 4.69. The Bertz CT molecular complexity index is 311. The van der Waals surface area contributed by atoms with E-state index < -0.39 is 36.1 Å². The van der Waals surface area contributed by atoms with Gasteiger partial charge in [0.05, 0.1) is 6.42 Å². The predicted octanol–water partition coefficient (Wildman–Crippen LogP) is 1.25. The summed E-state index contributed by atoms with van der Waals surface area (Å²) in [7, 11) is 0. The van der Waals surface area contributed by atoms with Crippen molar-refractivity contribution in [2.24, 2.45) is 0 Å². The smallest absolute Gasteiger partial charge is 0.408 e. The van der Waals surface area contributed by atoms with Crippen LogP contribution in [-0.4, -0.2) is 34.8 Å². The van der Waals surface area contributed by atoms with E-state index in [-0.39, 0.29) is 0 Å². The summed E-state index contributed by atoms with van der Waals surface area (Å²) in [4.78, 5) is 33.0. The molecular weight excluding hydrogens is 345 g/mol. The Morgan fingerprint density at radius 1 is 1.35 bits per heavy atom. The third-order valence-electron chi connectivity index (χ3n) is 1.43. The van der Waals surface area contributed by atoms with E-state index in [0.717, 1.165) is 0 Å². The third-order valence-corrected chi connectivity index (χ3v) is 1.86. The van der Waals surface area contributed by atoms with Crippen molar-refractivity contribution in [1.82, 2.24) is 5.32 Å². The molecular formula is C9H14INO6. The maximum atomic E-state index is 11.3. The van der Waals surface area contributed by atoms with Gasteiger partial charge in [0.2, 0.25) is 0 Å². The summed E-state index contributed by atoms with van der Waals surface area (Å²) in [5.74, 6) is -2.08. The van der Waals surface area contributed by atoms with Crippen LogP contribution in [0.5, 0.6) is 0 Å². The van der Waals surface area contributed by atoms with E-state index in [2.05, 4.69) is 8.38 Å². The number of ether oxygens (including phenoxy) is 1. The Morgan fingerprint density at radius 2 is 1.88 bits per heavy atom. The molecule has 0 aromatic carbocycles. The van der Waals surface area contributed by atoms with Gasteiger partial charge >= 0.3 is 18.0 Å². The van der Waals surface area contributed by atoms with Crippen LogP contribution in [0, 0.1) is 0 Å². The number of amides is 1. The van der Waals surface area contributed by atoms with Gasteiger partial charge in [0.25, 0.3) is 0 Å². The molecule has 0 rings (SSSR count). The SMILES string of the molecule is CC(C)(C)OC(=O)N[C@H](CC(=O)O)C(=O)OI. The monoisotopic (exact) mass is 359 g/mol. The molecule has 1 atom stereocenters. The number of aliphatic carboxylic acids is 1. The number of nitrogens with one attached hydrogen (secondary N) is 1. The van der Waals surface area contributed by atoms with Crippen LogP contribution in [0.15, 0.2) is 0 Å². The number of carbonyl (C=O) groups is 3. The molecule has 7 nitrogen and oxygen atoms in total. The topological polar surface area (TPSA) is 102 Å². The molecule has 0 aliphatic heterocycles. The highest BCUT2D eigenvalue weighted by molar-refractivity contribution is 14.1. The molecule has 98 valence electrons. The second-order valence-electron chi connectivity index (χ2n) is 4.19. The maximum absolute atomic E-state index is 11.3. The van der Waals surface area contributed by atoms with Crippen molar-refractivity contribution in [3.05, 3.63) is 0 Å². The van der Waals surface area contributed by atoms with Crippen molar-refractivity contribution in [2.75, 3.05) is 0 Å². The average molecular weight is 359 g/mol. The van der Waals surface area contributed by atoms with Gasteiger partial charge in [-0.2, -0.15) is 0 Å². The fourth-order valence-corrected chi connectivity index (χ4v) is 1.18. The number of hydrogen-bond donors (Lipinski definition) is 2. The zero-order chi connectivity index (χ0) is 13.6. The number of carboxylic acids is 1. The normalized spacial score (nSPS) is 12.5. The maximum Gasteiger partial charge on any atom is 0.408 e. The van der Waals surface area contributed by atoms with E-state index in [1.54, 1.807) is 20.8 Å². The van der Waals surface area contributed by atoms with Crippen molar-refractivity contribution in [3.8, 4) is 0 Å². The molecule has 0 spiro atoms. The number of alkyl carbamates (subject to hydrolysis) is 1. The Hall–Kier alpha value is -1.06. The third kappa shape index (κ3) is 7.77. The van der Waals surface area contributed by atoms with Crippen LogP contribution in [0.25, 0.3) is 0 Å². The van der Waals surface area contributed by atoms with Crippen molar-refractivity contribution in [2.45, 2.75) is 38.8 Å². The lowest BCUT2D eigenvalue weighted by molar-refractivity contribution is -0.142. The van der Waals surface area contributed by atoms with E-state index in [0.29, 0.717) is 0 Å². The number of halogens is 1. The summed E-state index contributed by atoms with van der Waals surface area (Å²) in [6, 6.07) is -1.26. The van der Waals surface area contributed by atoms with Crippen molar-refractivity contribution >= 4 is 41.0 Å². The molecule has 17 heavy (non-hydrogen) atoms. The van der Waals surface area contributed by atoms with Crippen LogP contribution >= 0.6 is 23.0 Å². The number of rotatable bonds is 4. The van der Waals surface area contributed by atoms with Crippen LogP contribution in [0.2, 0.25) is 0 Å². The summed E-state index contributed by atoms with van der Waals surface area (Å²) in [6.45, 7) is 4.94.